The first-order chi connectivity index (χ1) is 9.61. The van der Waals surface area contributed by atoms with Gasteiger partial charge in [0.2, 0.25) is 0 Å². The quantitative estimate of drug-likeness (QED) is 0.847. The van der Waals surface area contributed by atoms with Gasteiger partial charge in [-0.2, -0.15) is 0 Å². The molecule has 104 valence electrons. The number of rotatable bonds is 5. The van der Waals surface area contributed by atoms with E-state index in [1.54, 1.807) is 7.11 Å². The molecule has 0 aromatic heterocycles. The summed E-state index contributed by atoms with van der Waals surface area (Å²) < 4.78 is 5.25. The summed E-state index contributed by atoms with van der Waals surface area (Å²) >= 11 is 0. The van der Waals surface area contributed by atoms with E-state index in [0.29, 0.717) is 11.3 Å². The van der Waals surface area contributed by atoms with Gasteiger partial charge >= 0.3 is 0 Å². The van der Waals surface area contributed by atoms with Gasteiger partial charge in [0.15, 0.2) is 5.78 Å². The van der Waals surface area contributed by atoms with Crippen molar-refractivity contribution in [3.05, 3.63) is 65.2 Å². The lowest BCUT2D eigenvalue weighted by Crippen LogP contribution is -2.16. The molecule has 2 aromatic carbocycles. The van der Waals surface area contributed by atoms with Crippen molar-refractivity contribution in [2.45, 2.75) is 19.4 Å². The van der Waals surface area contributed by atoms with Crippen LogP contribution in [0.5, 0.6) is 5.75 Å². The maximum atomic E-state index is 12.4. The third kappa shape index (κ3) is 3.25. The van der Waals surface area contributed by atoms with Gasteiger partial charge in [-0.15, -0.1) is 0 Å². The third-order valence-electron chi connectivity index (χ3n) is 3.29. The van der Waals surface area contributed by atoms with Gasteiger partial charge in [0.05, 0.1) is 12.7 Å². The van der Waals surface area contributed by atoms with Gasteiger partial charge in [-0.25, -0.2) is 0 Å². The molecule has 0 saturated carbocycles. The fourth-order valence-electron chi connectivity index (χ4n) is 2.17. The van der Waals surface area contributed by atoms with E-state index in [-0.39, 0.29) is 18.2 Å². The van der Waals surface area contributed by atoms with Crippen LogP contribution >= 0.6 is 0 Å². The van der Waals surface area contributed by atoms with Crippen LogP contribution in [0.1, 0.15) is 33.9 Å². The monoisotopic (exact) mass is 269 g/mol. The highest BCUT2D eigenvalue weighted by molar-refractivity contribution is 5.99. The van der Waals surface area contributed by atoms with Crippen molar-refractivity contribution in [1.29, 1.82) is 0 Å². The van der Waals surface area contributed by atoms with Crippen molar-refractivity contribution < 1.29 is 9.53 Å². The number of benzene rings is 2. The van der Waals surface area contributed by atoms with Crippen molar-refractivity contribution in [2.24, 2.45) is 5.73 Å². The summed E-state index contributed by atoms with van der Waals surface area (Å²) in [5, 5.41) is 0. The first kappa shape index (κ1) is 14.3. The smallest absolute Gasteiger partial charge is 0.168 e. The number of Topliss-reactive ketones (excluding diaryl/α,β-unsaturated/α-hetero) is 1. The standard InChI is InChI=1S/C17H19NO2/c1-12-8-9-17(20-2)14(10-12)16(19)11-15(18)13-6-4-3-5-7-13/h3-10,15H,11,18H2,1-2H3. The van der Waals surface area contributed by atoms with Crippen LogP contribution in [-0.2, 0) is 0 Å². The molecule has 3 heteroatoms. The SMILES string of the molecule is COc1ccc(C)cc1C(=O)CC(N)c1ccccc1. The lowest BCUT2D eigenvalue weighted by Gasteiger charge is -2.13. The van der Waals surface area contributed by atoms with Gasteiger partial charge in [0, 0.05) is 12.5 Å². The average Bonchev–Trinajstić information content (AvgIpc) is 2.48. The van der Waals surface area contributed by atoms with E-state index < -0.39 is 0 Å². The molecular weight excluding hydrogens is 250 g/mol. The molecule has 0 fully saturated rings. The Labute approximate surface area is 119 Å². The highest BCUT2D eigenvalue weighted by atomic mass is 16.5. The largest absolute Gasteiger partial charge is 0.496 e. The summed E-state index contributed by atoms with van der Waals surface area (Å²) in [6.07, 6.45) is 0.268. The minimum atomic E-state index is -0.297. The van der Waals surface area contributed by atoms with Crippen LogP contribution in [0.15, 0.2) is 48.5 Å². The second-order valence-electron chi connectivity index (χ2n) is 4.85. The normalized spacial score (nSPS) is 11.9. The van der Waals surface area contributed by atoms with Crippen LogP contribution in [0, 0.1) is 6.92 Å². The third-order valence-corrected chi connectivity index (χ3v) is 3.29. The van der Waals surface area contributed by atoms with E-state index in [9.17, 15) is 4.79 Å². The van der Waals surface area contributed by atoms with E-state index in [1.165, 1.54) is 0 Å². The van der Waals surface area contributed by atoms with E-state index in [1.807, 2.05) is 55.5 Å². The van der Waals surface area contributed by atoms with Gasteiger partial charge in [-0.1, -0.05) is 42.0 Å². The predicted octanol–water partition coefficient (Wildman–Crippen LogP) is 3.28. The fourth-order valence-corrected chi connectivity index (χ4v) is 2.17. The Bertz CT molecular complexity index is 593. The van der Waals surface area contributed by atoms with Crippen molar-refractivity contribution in [1.82, 2.24) is 0 Å². The minimum absolute atomic E-state index is 0.00176. The van der Waals surface area contributed by atoms with Crippen molar-refractivity contribution in [3.8, 4) is 5.75 Å². The molecule has 1 atom stereocenters. The molecule has 0 aliphatic rings. The number of ketones is 1. The number of nitrogens with two attached hydrogens (primary N) is 1. The van der Waals surface area contributed by atoms with Gasteiger partial charge in [0.25, 0.3) is 0 Å². The van der Waals surface area contributed by atoms with Crippen LogP contribution in [0.2, 0.25) is 0 Å². The topological polar surface area (TPSA) is 52.3 Å². The average molecular weight is 269 g/mol. The lowest BCUT2D eigenvalue weighted by atomic mass is 9.97. The number of hydrogen-bond acceptors (Lipinski definition) is 3. The molecule has 0 amide bonds. The molecule has 0 bridgehead atoms. The molecule has 2 aromatic rings. The zero-order valence-corrected chi connectivity index (χ0v) is 11.8. The van der Waals surface area contributed by atoms with Crippen molar-refractivity contribution in [2.75, 3.05) is 7.11 Å². The van der Waals surface area contributed by atoms with E-state index >= 15 is 0 Å². The molecule has 0 aliphatic carbocycles. The molecule has 0 spiro atoms. The summed E-state index contributed by atoms with van der Waals surface area (Å²) in [6.45, 7) is 1.95. The highest BCUT2D eigenvalue weighted by Gasteiger charge is 2.17. The number of carbonyl (C=O) groups is 1. The Hall–Kier alpha value is -2.13. The number of methoxy groups -OCH3 is 1. The molecule has 0 radical (unpaired) electrons. The van der Waals surface area contributed by atoms with Gasteiger partial charge in [-0.3, -0.25) is 4.79 Å². The summed E-state index contributed by atoms with van der Waals surface area (Å²) in [5.41, 5.74) is 8.69. The molecule has 0 heterocycles. The second-order valence-corrected chi connectivity index (χ2v) is 4.85. The van der Waals surface area contributed by atoms with Crippen LogP contribution in [0.4, 0.5) is 0 Å². The number of carbonyl (C=O) groups excluding carboxylic acids is 1. The fraction of sp³-hybridized carbons (Fsp3) is 0.235. The summed E-state index contributed by atoms with van der Waals surface area (Å²) in [7, 11) is 1.57. The summed E-state index contributed by atoms with van der Waals surface area (Å²) in [5.74, 6) is 0.600. The number of aryl methyl sites for hydroxylation is 1. The van der Waals surface area contributed by atoms with E-state index in [0.717, 1.165) is 11.1 Å². The Morgan fingerprint density at radius 2 is 1.90 bits per heavy atom. The first-order valence-electron chi connectivity index (χ1n) is 6.60. The molecule has 0 saturated heterocycles. The zero-order chi connectivity index (χ0) is 14.5. The van der Waals surface area contributed by atoms with Crippen LogP contribution in [0.25, 0.3) is 0 Å². The maximum absolute atomic E-state index is 12.4. The summed E-state index contributed by atoms with van der Waals surface area (Å²) in [6, 6.07) is 14.9. The van der Waals surface area contributed by atoms with Crippen LogP contribution in [0.3, 0.4) is 0 Å². The Kier molecular flexibility index (Phi) is 4.53. The van der Waals surface area contributed by atoms with Crippen molar-refractivity contribution >= 4 is 5.78 Å². The van der Waals surface area contributed by atoms with E-state index in [2.05, 4.69) is 0 Å². The Morgan fingerprint density at radius 3 is 2.55 bits per heavy atom. The first-order valence-corrected chi connectivity index (χ1v) is 6.60. The molecule has 20 heavy (non-hydrogen) atoms. The molecule has 0 aliphatic heterocycles. The number of hydrogen-bond donors (Lipinski definition) is 1. The zero-order valence-electron chi connectivity index (χ0n) is 11.8. The van der Waals surface area contributed by atoms with Gasteiger partial charge < -0.3 is 10.5 Å². The molecule has 2 rings (SSSR count). The lowest BCUT2D eigenvalue weighted by molar-refractivity contribution is 0.0971. The van der Waals surface area contributed by atoms with Gasteiger partial charge in [-0.05, 0) is 24.6 Å². The Balaban J connectivity index is 2.18. The summed E-state index contributed by atoms with van der Waals surface area (Å²) in [4.78, 5) is 12.4. The molecule has 1 unspecified atom stereocenters. The highest BCUT2D eigenvalue weighted by Crippen LogP contribution is 2.24. The Morgan fingerprint density at radius 1 is 1.20 bits per heavy atom. The van der Waals surface area contributed by atoms with Crippen LogP contribution in [-0.4, -0.2) is 12.9 Å². The molecular formula is C17H19NO2. The molecule has 2 N–H and O–H groups in total. The molecule has 3 nitrogen and oxygen atoms in total. The van der Waals surface area contributed by atoms with Crippen LogP contribution < -0.4 is 10.5 Å². The second kappa shape index (κ2) is 6.35. The van der Waals surface area contributed by atoms with Gasteiger partial charge in [0.1, 0.15) is 5.75 Å². The van der Waals surface area contributed by atoms with E-state index in [4.69, 9.17) is 10.5 Å². The minimum Gasteiger partial charge on any atom is -0.496 e. The maximum Gasteiger partial charge on any atom is 0.168 e. The van der Waals surface area contributed by atoms with Crippen molar-refractivity contribution in [3.63, 3.8) is 0 Å². The predicted molar refractivity (Wildman–Crippen MR) is 80.0 cm³/mol. The number of ether oxygens (including phenoxy) is 1.